The van der Waals surface area contributed by atoms with Crippen molar-refractivity contribution in [1.82, 2.24) is 5.32 Å². The van der Waals surface area contributed by atoms with Gasteiger partial charge in [0.1, 0.15) is 5.54 Å². The molecule has 0 aromatic heterocycles. The van der Waals surface area contributed by atoms with Gasteiger partial charge in [0.15, 0.2) is 0 Å². The van der Waals surface area contributed by atoms with Gasteiger partial charge in [-0.1, -0.05) is 23.7 Å². The van der Waals surface area contributed by atoms with Gasteiger partial charge in [-0.3, -0.25) is 5.32 Å². The maximum atomic E-state index is 9.46. The second-order valence-electron chi connectivity index (χ2n) is 5.80. The molecule has 1 N–H and O–H groups in total. The Balaban J connectivity index is 1.87. The molecule has 1 aliphatic rings. The van der Waals surface area contributed by atoms with Crippen molar-refractivity contribution in [3.63, 3.8) is 0 Å². The van der Waals surface area contributed by atoms with Crippen LogP contribution >= 0.6 is 23.4 Å². The Hall–Kier alpha value is -0.690. The molecule has 0 saturated heterocycles. The van der Waals surface area contributed by atoms with E-state index in [0.29, 0.717) is 11.3 Å². The van der Waals surface area contributed by atoms with Gasteiger partial charge in [-0.25, -0.2) is 0 Å². The van der Waals surface area contributed by atoms with E-state index in [1.165, 1.54) is 5.56 Å². The number of hydrogen-bond donors (Lipinski definition) is 1. The minimum Gasteiger partial charge on any atom is -0.297 e. The van der Waals surface area contributed by atoms with Gasteiger partial charge in [0.05, 0.1) is 6.07 Å². The number of halogens is 1. The average Bonchev–Trinajstić information content (AvgIpc) is 2.81. The first kappa shape index (κ1) is 15.7. The molecule has 1 aromatic carbocycles. The van der Waals surface area contributed by atoms with Crippen LogP contribution in [0.15, 0.2) is 24.3 Å². The molecule has 0 spiro atoms. The maximum Gasteiger partial charge on any atom is 0.108 e. The largest absolute Gasteiger partial charge is 0.297 e. The Kier molecular flexibility index (Phi) is 5.37. The lowest BCUT2D eigenvalue weighted by Crippen LogP contribution is -2.45. The zero-order chi connectivity index (χ0) is 14.6. The first-order chi connectivity index (χ1) is 9.53. The van der Waals surface area contributed by atoms with Crippen LogP contribution in [0.1, 0.15) is 38.7 Å². The van der Waals surface area contributed by atoms with Crippen LogP contribution < -0.4 is 5.32 Å². The highest BCUT2D eigenvalue weighted by molar-refractivity contribution is 7.99. The molecule has 2 unspecified atom stereocenters. The summed E-state index contributed by atoms with van der Waals surface area (Å²) in [4.78, 5) is 0. The lowest BCUT2D eigenvalue weighted by molar-refractivity contribution is 0.386. The van der Waals surface area contributed by atoms with Gasteiger partial charge in [-0.15, -0.1) is 0 Å². The van der Waals surface area contributed by atoms with Gasteiger partial charge in [0.2, 0.25) is 0 Å². The van der Waals surface area contributed by atoms with Crippen molar-refractivity contribution in [1.29, 1.82) is 5.26 Å². The summed E-state index contributed by atoms with van der Waals surface area (Å²) >= 11 is 7.85. The van der Waals surface area contributed by atoms with Crippen molar-refractivity contribution < 1.29 is 0 Å². The van der Waals surface area contributed by atoms with Crippen LogP contribution in [-0.4, -0.2) is 16.8 Å². The van der Waals surface area contributed by atoms with Crippen LogP contribution in [0, 0.1) is 11.3 Å². The number of nitriles is 1. The van der Waals surface area contributed by atoms with Gasteiger partial charge in [-0.2, -0.15) is 17.0 Å². The molecule has 108 valence electrons. The molecule has 4 heteroatoms. The van der Waals surface area contributed by atoms with Gasteiger partial charge >= 0.3 is 0 Å². The van der Waals surface area contributed by atoms with Crippen LogP contribution in [0.3, 0.4) is 0 Å². The van der Waals surface area contributed by atoms with Crippen LogP contribution in [0.25, 0.3) is 0 Å². The van der Waals surface area contributed by atoms with E-state index >= 15 is 0 Å². The predicted octanol–water partition coefficient (Wildman–Crippen LogP) is 4.39. The normalized spacial score (nSPS) is 25.9. The number of nitrogens with zero attached hydrogens (tertiary/aromatic N) is 1. The lowest BCUT2D eigenvalue weighted by atomic mass is 9.99. The second-order valence-corrected chi connectivity index (χ2v) is 7.52. The van der Waals surface area contributed by atoms with Crippen LogP contribution in [0.4, 0.5) is 0 Å². The molecular formula is C16H21ClN2S. The summed E-state index contributed by atoms with van der Waals surface area (Å²) < 4.78 is 0. The van der Waals surface area contributed by atoms with Crippen LogP contribution in [0.5, 0.6) is 0 Å². The van der Waals surface area contributed by atoms with E-state index in [4.69, 9.17) is 11.6 Å². The van der Waals surface area contributed by atoms with E-state index in [2.05, 4.69) is 37.4 Å². The fourth-order valence-electron chi connectivity index (χ4n) is 2.75. The fraction of sp³-hybridized carbons (Fsp3) is 0.562. The Morgan fingerprint density at radius 3 is 2.75 bits per heavy atom. The lowest BCUT2D eigenvalue weighted by Gasteiger charge is -2.25. The average molecular weight is 309 g/mol. The SMILES string of the molecule is CC(C)NC1(C#N)CCC(SCc2ccc(Cl)cc2)C1. The third-order valence-corrected chi connectivity index (χ3v) is 5.27. The molecule has 20 heavy (non-hydrogen) atoms. The van der Waals surface area contributed by atoms with Crippen molar-refractivity contribution in [2.75, 3.05) is 0 Å². The maximum absolute atomic E-state index is 9.46. The van der Waals surface area contributed by atoms with E-state index in [0.717, 1.165) is 30.0 Å². The third-order valence-electron chi connectivity index (χ3n) is 3.65. The third kappa shape index (κ3) is 4.15. The van der Waals surface area contributed by atoms with Gasteiger partial charge in [0.25, 0.3) is 0 Å². The summed E-state index contributed by atoms with van der Waals surface area (Å²) in [7, 11) is 0. The van der Waals surface area contributed by atoms with Crippen LogP contribution in [-0.2, 0) is 5.75 Å². The van der Waals surface area contributed by atoms with Gasteiger partial charge in [0, 0.05) is 22.1 Å². The van der Waals surface area contributed by atoms with Crippen molar-refractivity contribution in [2.45, 2.75) is 55.7 Å². The molecule has 2 atom stereocenters. The highest BCUT2D eigenvalue weighted by Gasteiger charge is 2.39. The summed E-state index contributed by atoms with van der Waals surface area (Å²) in [6, 6.07) is 10.9. The summed E-state index contributed by atoms with van der Waals surface area (Å²) in [5, 5.41) is 14.3. The summed E-state index contributed by atoms with van der Waals surface area (Å²) in [5.41, 5.74) is 0.983. The van der Waals surface area contributed by atoms with Gasteiger partial charge in [-0.05, 0) is 50.8 Å². The van der Waals surface area contributed by atoms with E-state index in [1.54, 1.807) is 0 Å². The fourth-order valence-corrected chi connectivity index (χ4v) is 4.19. The van der Waals surface area contributed by atoms with Crippen LogP contribution in [0.2, 0.25) is 5.02 Å². The zero-order valence-corrected chi connectivity index (χ0v) is 13.6. The first-order valence-electron chi connectivity index (χ1n) is 7.08. The van der Waals surface area contributed by atoms with Crippen molar-refractivity contribution in [3.05, 3.63) is 34.9 Å². The Bertz CT molecular complexity index is 480. The highest BCUT2D eigenvalue weighted by atomic mass is 35.5. The number of hydrogen-bond acceptors (Lipinski definition) is 3. The summed E-state index contributed by atoms with van der Waals surface area (Å²) in [5.74, 6) is 0.991. The van der Waals surface area contributed by atoms with Crippen molar-refractivity contribution in [3.8, 4) is 6.07 Å². The second kappa shape index (κ2) is 6.85. The van der Waals surface area contributed by atoms with E-state index in [1.807, 2.05) is 23.9 Å². The first-order valence-corrected chi connectivity index (χ1v) is 8.51. The highest BCUT2D eigenvalue weighted by Crippen LogP contribution is 2.38. The molecule has 1 aliphatic carbocycles. The Labute approximate surface area is 130 Å². The molecule has 0 aliphatic heterocycles. The van der Waals surface area contributed by atoms with E-state index in [-0.39, 0.29) is 5.54 Å². The van der Waals surface area contributed by atoms with Crippen molar-refractivity contribution in [2.24, 2.45) is 0 Å². The number of nitrogens with one attached hydrogen (secondary N) is 1. The Morgan fingerprint density at radius 1 is 1.45 bits per heavy atom. The number of thioether (sulfide) groups is 1. The Morgan fingerprint density at radius 2 is 2.15 bits per heavy atom. The standard InChI is InChI=1S/C16H21ClN2S/c1-12(2)19-16(11-18)8-7-15(9-16)20-10-13-3-5-14(17)6-4-13/h3-6,12,15,19H,7-10H2,1-2H3. The van der Waals surface area contributed by atoms with E-state index < -0.39 is 0 Å². The van der Waals surface area contributed by atoms with E-state index in [9.17, 15) is 5.26 Å². The molecule has 0 amide bonds. The molecule has 0 heterocycles. The molecule has 1 saturated carbocycles. The molecule has 0 bridgehead atoms. The molecule has 2 nitrogen and oxygen atoms in total. The topological polar surface area (TPSA) is 35.8 Å². The minimum absolute atomic E-state index is 0.314. The monoisotopic (exact) mass is 308 g/mol. The molecule has 2 rings (SSSR count). The molecule has 1 aromatic rings. The number of benzene rings is 1. The quantitative estimate of drug-likeness (QED) is 0.876. The molecule has 0 radical (unpaired) electrons. The smallest absolute Gasteiger partial charge is 0.108 e. The number of rotatable bonds is 5. The molecule has 1 fully saturated rings. The predicted molar refractivity (Wildman–Crippen MR) is 87.0 cm³/mol. The van der Waals surface area contributed by atoms with Gasteiger partial charge < -0.3 is 0 Å². The van der Waals surface area contributed by atoms with Crippen molar-refractivity contribution >= 4 is 23.4 Å². The minimum atomic E-state index is -0.314. The summed E-state index contributed by atoms with van der Waals surface area (Å²) in [6.45, 7) is 4.21. The summed E-state index contributed by atoms with van der Waals surface area (Å²) in [6.07, 6.45) is 3.02. The molecular weight excluding hydrogens is 288 g/mol. The zero-order valence-electron chi connectivity index (χ0n) is 12.0.